The highest BCUT2D eigenvalue weighted by atomic mass is 16.2. The number of carbonyl (C=O) groups excluding carboxylic acids is 2. The first kappa shape index (κ1) is 17.0. The molecule has 138 valence electrons. The molecule has 1 saturated carbocycles. The van der Waals surface area contributed by atoms with Gasteiger partial charge in [0.1, 0.15) is 0 Å². The van der Waals surface area contributed by atoms with Crippen molar-refractivity contribution in [3.05, 3.63) is 23.5 Å². The lowest BCUT2D eigenvalue weighted by Crippen LogP contribution is -2.41. The van der Waals surface area contributed by atoms with E-state index in [-0.39, 0.29) is 23.8 Å². The molecule has 7 heteroatoms. The third-order valence-electron chi connectivity index (χ3n) is 5.49. The minimum absolute atomic E-state index is 0.00512. The number of nitrogens with zero attached hydrogens (tertiary/aromatic N) is 4. The van der Waals surface area contributed by atoms with E-state index < -0.39 is 0 Å². The van der Waals surface area contributed by atoms with Crippen LogP contribution in [0, 0.1) is 5.92 Å². The van der Waals surface area contributed by atoms with Gasteiger partial charge in [-0.05, 0) is 45.6 Å². The summed E-state index contributed by atoms with van der Waals surface area (Å²) in [5, 5.41) is 5.27. The van der Waals surface area contributed by atoms with E-state index in [2.05, 4.69) is 18.9 Å². The Balaban J connectivity index is 1.69. The molecule has 2 fully saturated rings. The summed E-state index contributed by atoms with van der Waals surface area (Å²) in [6.07, 6.45) is 5.28. The van der Waals surface area contributed by atoms with Gasteiger partial charge >= 0.3 is 0 Å². The first-order valence-electron chi connectivity index (χ1n) is 9.42. The summed E-state index contributed by atoms with van der Waals surface area (Å²) in [6.45, 7) is 5.25. The molecule has 0 spiro atoms. The van der Waals surface area contributed by atoms with E-state index in [1.807, 2.05) is 15.6 Å². The zero-order chi connectivity index (χ0) is 18.4. The fourth-order valence-electron chi connectivity index (χ4n) is 3.72. The van der Waals surface area contributed by atoms with Crippen molar-refractivity contribution in [3.8, 4) is 0 Å². The van der Waals surface area contributed by atoms with Crippen molar-refractivity contribution >= 4 is 22.8 Å². The van der Waals surface area contributed by atoms with E-state index in [9.17, 15) is 9.59 Å². The highest BCUT2D eigenvalue weighted by Crippen LogP contribution is 2.40. The fraction of sp³-hybridized carbons (Fsp3) is 0.579. The van der Waals surface area contributed by atoms with Gasteiger partial charge in [-0.3, -0.25) is 9.59 Å². The summed E-state index contributed by atoms with van der Waals surface area (Å²) in [6, 6.07) is 2.14. The van der Waals surface area contributed by atoms with Gasteiger partial charge in [-0.15, -0.1) is 0 Å². The molecule has 1 aliphatic carbocycles. The largest absolute Gasteiger partial charge is 0.369 e. The standard InChI is InChI=1S/C19H25N5O2/c1-11(2)24-18-15(10-21-24)14(9-16(22-18)12-3-4-12)19(26)23-7-5-13(6-8-23)17(20)25/h9-13H,3-8H2,1-2H3,(H2,20,25). The number of likely N-dealkylation sites (tertiary alicyclic amines) is 1. The lowest BCUT2D eigenvalue weighted by Gasteiger charge is -2.30. The van der Waals surface area contributed by atoms with Crippen molar-refractivity contribution < 1.29 is 9.59 Å². The van der Waals surface area contributed by atoms with Crippen molar-refractivity contribution in [1.82, 2.24) is 19.7 Å². The average Bonchev–Trinajstić information content (AvgIpc) is 3.39. The number of hydrogen-bond donors (Lipinski definition) is 1. The Morgan fingerprint density at radius 2 is 1.88 bits per heavy atom. The second-order valence-electron chi connectivity index (χ2n) is 7.76. The Kier molecular flexibility index (Phi) is 4.17. The van der Waals surface area contributed by atoms with Gasteiger partial charge < -0.3 is 10.6 Å². The Labute approximate surface area is 152 Å². The number of amides is 2. The molecule has 0 unspecified atom stereocenters. The SMILES string of the molecule is CC(C)n1ncc2c(C(=O)N3CCC(C(N)=O)CC3)cc(C3CC3)nc21. The molecule has 26 heavy (non-hydrogen) atoms. The average molecular weight is 355 g/mol. The molecule has 1 saturated heterocycles. The van der Waals surface area contributed by atoms with Crippen molar-refractivity contribution in [3.63, 3.8) is 0 Å². The summed E-state index contributed by atoms with van der Waals surface area (Å²) in [4.78, 5) is 31.2. The van der Waals surface area contributed by atoms with Crippen LogP contribution >= 0.6 is 0 Å². The van der Waals surface area contributed by atoms with E-state index in [0.717, 1.165) is 29.6 Å². The normalized spacial score (nSPS) is 18.7. The number of piperidine rings is 1. The highest BCUT2D eigenvalue weighted by molar-refractivity contribution is 6.05. The van der Waals surface area contributed by atoms with Crippen LogP contribution in [0.5, 0.6) is 0 Å². The zero-order valence-electron chi connectivity index (χ0n) is 15.3. The number of hydrogen-bond acceptors (Lipinski definition) is 4. The molecule has 1 aliphatic heterocycles. The maximum atomic E-state index is 13.2. The van der Waals surface area contributed by atoms with Crippen LogP contribution in [-0.4, -0.2) is 44.6 Å². The number of primary amides is 1. The quantitative estimate of drug-likeness (QED) is 0.910. The second-order valence-corrected chi connectivity index (χ2v) is 7.76. The molecule has 3 heterocycles. The Morgan fingerprint density at radius 3 is 2.46 bits per heavy atom. The third-order valence-corrected chi connectivity index (χ3v) is 5.49. The van der Waals surface area contributed by atoms with Crippen LogP contribution in [0.4, 0.5) is 0 Å². The molecule has 2 aromatic heterocycles. The Morgan fingerprint density at radius 1 is 1.19 bits per heavy atom. The summed E-state index contributed by atoms with van der Waals surface area (Å²) in [5.74, 6) is 0.0763. The van der Waals surface area contributed by atoms with Gasteiger partial charge in [0.05, 0.1) is 17.1 Å². The molecule has 0 aromatic carbocycles. The number of pyridine rings is 1. The van der Waals surface area contributed by atoms with E-state index in [0.29, 0.717) is 37.4 Å². The predicted octanol–water partition coefficient (Wildman–Crippen LogP) is 2.23. The van der Waals surface area contributed by atoms with Crippen molar-refractivity contribution in [1.29, 1.82) is 0 Å². The van der Waals surface area contributed by atoms with Gasteiger partial charge in [-0.2, -0.15) is 5.10 Å². The van der Waals surface area contributed by atoms with Crippen LogP contribution in [0.25, 0.3) is 11.0 Å². The lowest BCUT2D eigenvalue weighted by atomic mass is 9.95. The molecule has 2 aromatic rings. The first-order valence-corrected chi connectivity index (χ1v) is 9.42. The smallest absolute Gasteiger partial charge is 0.254 e. The van der Waals surface area contributed by atoms with Crippen LogP contribution in [0.3, 0.4) is 0 Å². The van der Waals surface area contributed by atoms with Gasteiger partial charge in [0.25, 0.3) is 5.91 Å². The van der Waals surface area contributed by atoms with E-state index in [1.54, 1.807) is 6.20 Å². The maximum absolute atomic E-state index is 13.2. The molecule has 7 nitrogen and oxygen atoms in total. The van der Waals surface area contributed by atoms with Crippen LogP contribution in [0.15, 0.2) is 12.3 Å². The second kappa shape index (κ2) is 6.37. The number of fused-ring (bicyclic) bond motifs is 1. The van der Waals surface area contributed by atoms with E-state index in [1.165, 1.54) is 0 Å². The molecular formula is C19H25N5O2. The van der Waals surface area contributed by atoms with Crippen molar-refractivity contribution in [2.45, 2.75) is 51.5 Å². The zero-order valence-corrected chi connectivity index (χ0v) is 15.3. The third kappa shape index (κ3) is 2.95. The molecule has 0 atom stereocenters. The molecule has 4 rings (SSSR count). The Hall–Kier alpha value is -2.44. The maximum Gasteiger partial charge on any atom is 0.254 e. The Bertz CT molecular complexity index is 860. The van der Waals surface area contributed by atoms with Crippen LogP contribution in [0.2, 0.25) is 0 Å². The number of carbonyl (C=O) groups is 2. The number of rotatable bonds is 4. The predicted molar refractivity (Wildman–Crippen MR) is 97.7 cm³/mol. The van der Waals surface area contributed by atoms with Crippen molar-refractivity contribution in [2.75, 3.05) is 13.1 Å². The molecule has 2 aliphatic rings. The molecule has 2 amide bonds. The summed E-state index contributed by atoms with van der Waals surface area (Å²) in [5.41, 5.74) is 7.87. The monoisotopic (exact) mass is 355 g/mol. The van der Waals surface area contributed by atoms with Gasteiger partial charge in [0.2, 0.25) is 5.91 Å². The van der Waals surface area contributed by atoms with E-state index >= 15 is 0 Å². The van der Waals surface area contributed by atoms with Gasteiger partial charge in [-0.25, -0.2) is 9.67 Å². The van der Waals surface area contributed by atoms with Crippen LogP contribution in [0.1, 0.15) is 67.5 Å². The molecular weight excluding hydrogens is 330 g/mol. The topological polar surface area (TPSA) is 94.1 Å². The lowest BCUT2D eigenvalue weighted by molar-refractivity contribution is -0.123. The first-order chi connectivity index (χ1) is 12.5. The molecule has 0 bridgehead atoms. The van der Waals surface area contributed by atoms with E-state index in [4.69, 9.17) is 10.7 Å². The van der Waals surface area contributed by atoms with Gasteiger partial charge in [0, 0.05) is 36.7 Å². The minimum atomic E-state index is -0.266. The number of nitrogens with two attached hydrogens (primary N) is 1. The summed E-state index contributed by atoms with van der Waals surface area (Å²) >= 11 is 0. The number of aromatic nitrogens is 3. The van der Waals surface area contributed by atoms with Gasteiger partial charge in [-0.1, -0.05) is 0 Å². The summed E-state index contributed by atoms with van der Waals surface area (Å²) < 4.78 is 1.89. The van der Waals surface area contributed by atoms with Crippen LogP contribution in [-0.2, 0) is 4.79 Å². The van der Waals surface area contributed by atoms with Crippen LogP contribution < -0.4 is 5.73 Å². The van der Waals surface area contributed by atoms with Gasteiger partial charge in [0.15, 0.2) is 5.65 Å². The highest BCUT2D eigenvalue weighted by Gasteiger charge is 2.31. The molecule has 2 N–H and O–H groups in total. The van der Waals surface area contributed by atoms with Crippen molar-refractivity contribution in [2.24, 2.45) is 11.7 Å². The fourth-order valence-corrected chi connectivity index (χ4v) is 3.72. The minimum Gasteiger partial charge on any atom is -0.369 e. The summed E-state index contributed by atoms with van der Waals surface area (Å²) in [7, 11) is 0. The molecule has 0 radical (unpaired) electrons.